The summed E-state index contributed by atoms with van der Waals surface area (Å²) in [6.07, 6.45) is 0. The fourth-order valence-corrected chi connectivity index (χ4v) is 5.81. The molecule has 0 aliphatic carbocycles. The Balaban J connectivity index is 2.07. The number of amides is 2. The molecule has 214 valence electrons. The number of nitrogens with one attached hydrogen (secondary N) is 1. The molecule has 0 radical (unpaired) electrons. The van der Waals surface area contributed by atoms with Crippen LogP contribution in [-0.4, -0.2) is 43.3 Å². The Hall–Kier alpha value is -2.78. The van der Waals surface area contributed by atoms with E-state index in [0.29, 0.717) is 10.6 Å². The van der Waals surface area contributed by atoms with Crippen molar-refractivity contribution in [1.82, 2.24) is 10.2 Å². The molecule has 0 saturated heterocycles. The molecule has 0 aliphatic heterocycles. The van der Waals surface area contributed by atoms with Gasteiger partial charge in [0.15, 0.2) is 0 Å². The number of anilines is 1. The number of benzene rings is 3. The molecule has 1 atom stereocenters. The van der Waals surface area contributed by atoms with Crippen molar-refractivity contribution in [2.24, 2.45) is 0 Å². The second-order valence-corrected chi connectivity index (χ2v) is 13.6. The zero-order chi connectivity index (χ0) is 29.8. The average molecular weight is 625 g/mol. The highest BCUT2D eigenvalue weighted by Gasteiger charge is 2.33. The van der Waals surface area contributed by atoms with Gasteiger partial charge >= 0.3 is 0 Å². The molecule has 0 aromatic heterocycles. The van der Waals surface area contributed by atoms with E-state index in [2.05, 4.69) is 5.32 Å². The number of aryl methyl sites for hydroxylation is 1. The molecule has 0 spiro atoms. The summed E-state index contributed by atoms with van der Waals surface area (Å²) in [5, 5.41) is 3.72. The van der Waals surface area contributed by atoms with Crippen LogP contribution in [0.1, 0.15) is 38.8 Å². The summed E-state index contributed by atoms with van der Waals surface area (Å²) in [6.45, 7) is 8.37. The highest BCUT2D eigenvalue weighted by atomic mass is 35.5. The Kier molecular flexibility index (Phi) is 10.2. The summed E-state index contributed by atoms with van der Waals surface area (Å²) >= 11 is 18.5. The second-order valence-electron chi connectivity index (χ2n) is 10.5. The fraction of sp³-hybridized carbons (Fsp3) is 0.310. The molecule has 7 nitrogen and oxygen atoms in total. The topological polar surface area (TPSA) is 86.8 Å². The zero-order valence-electron chi connectivity index (χ0n) is 22.9. The summed E-state index contributed by atoms with van der Waals surface area (Å²) in [6, 6.07) is 16.6. The smallest absolute Gasteiger partial charge is 0.264 e. The molecule has 3 aromatic rings. The number of halogens is 3. The van der Waals surface area contributed by atoms with Gasteiger partial charge in [0.2, 0.25) is 11.8 Å². The molecule has 0 fully saturated rings. The van der Waals surface area contributed by atoms with Gasteiger partial charge in [-0.05, 0) is 82.6 Å². The molecule has 11 heteroatoms. The van der Waals surface area contributed by atoms with E-state index in [-0.39, 0.29) is 33.1 Å². The summed E-state index contributed by atoms with van der Waals surface area (Å²) in [4.78, 5) is 28.4. The lowest BCUT2D eigenvalue weighted by Gasteiger charge is -2.33. The molecular weight excluding hydrogens is 593 g/mol. The Morgan fingerprint density at radius 3 is 2.15 bits per heavy atom. The molecule has 3 aromatic carbocycles. The van der Waals surface area contributed by atoms with Gasteiger partial charge in [-0.1, -0.05) is 64.6 Å². The molecule has 0 heterocycles. The van der Waals surface area contributed by atoms with E-state index in [1.807, 2.05) is 27.7 Å². The zero-order valence-corrected chi connectivity index (χ0v) is 26.0. The van der Waals surface area contributed by atoms with Gasteiger partial charge < -0.3 is 10.2 Å². The lowest BCUT2D eigenvalue weighted by atomic mass is 10.1. The fourth-order valence-electron chi connectivity index (χ4n) is 3.90. The first-order valence-electron chi connectivity index (χ1n) is 12.5. The highest BCUT2D eigenvalue weighted by molar-refractivity contribution is 7.92. The van der Waals surface area contributed by atoms with Crippen molar-refractivity contribution in [3.8, 4) is 0 Å². The summed E-state index contributed by atoms with van der Waals surface area (Å²) in [7, 11) is -4.22. The van der Waals surface area contributed by atoms with E-state index in [4.69, 9.17) is 34.8 Å². The molecule has 0 bridgehead atoms. The van der Waals surface area contributed by atoms with Crippen LogP contribution in [0.25, 0.3) is 0 Å². The monoisotopic (exact) mass is 623 g/mol. The Bertz CT molecular complexity index is 1490. The Morgan fingerprint density at radius 2 is 1.57 bits per heavy atom. The third-order valence-electron chi connectivity index (χ3n) is 5.99. The van der Waals surface area contributed by atoms with E-state index in [0.717, 1.165) is 9.87 Å². The van der Waals surface area contributed by atoms with Crippen molar-refractivity contribution < 1.29 is 18.0 Å². The minimum atomic E-state index is -4.22. The predicted molar refractivity (Wildman–Crippen MR) is 162 cm³/mol. The van der Waals surface area contributed by atoms with Crippen molar-refractivity contribution in [3.63, 3.8) is 0 Å². The van der Waals surface area contributed by atoms with Gasteiger partial charge in [-0.15, -0.1) is 0 Å². The Labute approximate surface area is 251 Å². The van der Waals surface area contributed by atoms with Gasteiger partial charge in [0.25, 0.3) is 10.0 Å². The number of nitrogens with zero attached hydrogens (tertiary/aromatic N) is 2. The average Bonchev–Trinajstić information content (AvgIpc) is 2.86. The number of carbonyl (C=O) groups excluding carboxylic acids is 2. The third-order valence-corrected chi connectivity index (χ3v) is 8.75. The first-order chi connectivity index (χ1) is 18.6. The van der Waals surface area contributed by atoms with E-state index >= 15 is 0 Å². The van der Waals surface area contributed by atoms with Gasteiger partial charge in [0.1, 0.15) is 12.6 Å². The molecule has 1 N–H and O–H groups in total. The van der Waals surface area contributed by atoms with E-state index in [9.17, 15) is 18.0 Å². The maximum Gasteiger partial charge on any atom is 0.264 e. The molecule has 0 saturated carbocycles. The molecule has 0 aliphatic rings. The van der Waals surface area contributed by atoms with E-state index in [1.165, 1.54) is 35.2 Å². The van der Waals surface area contributed by atoms with Crippen LogP contribution in [0.2, 0.25) is 15.1 Å². The summed E-state index contributed by atoms with van der Waals surface area (Å²) in [5.74, 6) is -0.983. The molecule has 2 amide bonds. The first-order valence-corrected chi connectivity index (χ1v) is 15.1. The molecule has 40 heavy (non-hydrogen) atoms. The van der Waals surface area contributed by atoms with Crippen LogP contribution in [0.5, 0.6) is 0 Å². The molecule has 3 rings (SSSR count). The van der Waals surface area contributed by atoms with Crippen LogP contribution in [0.3, 0.4) is 0 Å². The van der Waals surface area contributed by atoms with Crippen LogP contribution >= 0.6 is 34.8 Å². The standard InChI is InChI=1S/C29H32Cl3N3O4S/c1-19-9-12-24(13-10-19)40(38,39)35(23-11-14-25(31)26(32)16-23)18-27(36)34(17-21-7-6-8-22(30)15-21)20(2)28(37)33-29(3,4)5/h6-16,20H,17-18H2,1-5H3,(H,33,37)/t20-/m0/s1. The lowest BCUT2D eigenvalue weighted by molar-refractivity contribution is -0.140. The minimum absolute atomic E-state index is 0.00288. The first kappa shape index (κ1) is 31.7. The van der Waals surface area contributed by atoms with Crippen LogP contribution in [-0.2, 0) is 26.2 Å². The number of rotatable bonds is 9. The maximum absolute atomic E-state index is 14.0. The van der Waals surface area contributed by atoms with Gasteiger partial charge in [0, 0.05) is 17.1 Å². The second kappa shape index (κ2) is 12.8. The van der Waals surface area contributed by atoms with Crippen molar-refractivity contribution >= 4 is 62.3 Å². The van der Waals surface area contributed by atoms with Gasteiger partial charge in [-0.25, -0.2) is 8.42 Å². The summed E-state index contributed by atoms with van der Waals surface area (Å²) in [5.41, 5.74) is 1.16. The van der Waals surface area contributed by atoms with Crippen molar-refractivity contribution in [2.45, 2.75) is 57.6 Å². The largest absolute Gasteiger partial charge is 0.350 e. The number of sulfonamides is 1. The lowest BCUT2D eigenvalue weighted by Crippen LogP contribution is -2.54. The summed E-state index contributed by atoms with van der Waals surface area (Å²) < 4.78 is 28.7. The highest BCUT2D eigenvalue weighted by Crippen LogP contribution is 2.31. The predicted octanol–water partition coefficient (Wildman–Crippen LogP) is 6.48. The van der Waals surface area contributed by atoms with Crippen LogP contribution < -0.4 is 9.62 Å². The van der Waals surface area contributed by atoms with Crippen LogP contribution in [0.4, 0.5) is 5.69 Å². The minimum Gasteiger partial charge on any atom is -0.350 e. The quantitative estimate of drug-likeness (QED) is 0.295. The van der Waals surface area contributed by atoms with Crippen LogP contribution in [0.15, 0.2) is 71.6 Å². The van der Waals surface area contributed by atoms with Crippen molar-refractivity contribution in [1.29, 1.82) is 0 Å². The maximum atomic E-state index is 14.0. The van der Waals surface area contributed by atoms with Crippen molar-refractivity contribution in [2.75, 3.05) is 10.8 Å². The van der Waals surface area contributed by atoms with Crippen molar-refractivity contribution in [3.05, 3.63) is 92.9 Å². The number of hydrogen-bond acceptors (Lipinski definition) is 4. The SMILES string of the molecule is Cc1ccc(S(=O)(=O)N(CC(=O)N(Cc2cccc(Cl)c2)[C@@H](C)C(=O)NC(C)(C)C)c2ccc(Cl)c(Cl)c2)cc1. The normalized spacial score (nSPS) is 12.5. The number of hydrogen-bond donors (Lipinski definition) is 1. The Morgan fingerprint density at radius 1 is 0.925 bits per heavy atom. The van der Waals surface area contributed by atoms with Gasteiger partial charge in [-0.2, -0.15) is 0 Å². The van der Waals surface area contributed by atoms with E-state index < -0.39 is 34.1 Å². The molecular formula is C29H32Cl3N3O4S. The van der Waals surface area contributed by atoms with E-state index in [1.54, 1.807) is 43.3 Å². The van der Waals surface area contributed by atoms with Crippen LogP contribution in [0, 0.1) is 6.92 Å². The van der Waals surface area contributed by atoms with Gasteiger partial charge in [-0.3, -0.25) is 13.9 Å². The molecule has 0 unspecified atom stereocenters. The van der Waals surface area contributed by atoms with Gasteiger partial charge in [0.05, 0.1) is 20.6 Å². The number of carbonyl (C=O) groups is 2. The third kappa shape index (κ3) is 8.13.